The van der Waals surface area contributed by atoms with Crippen LogP contribution in [0.25, 0.3) is 0 Å². The summed E-state index contributed by atoms with van der Waals surface area (Å²) < 4.78 is 13.4. The van der Waals surface area contributed by atoms with E-state index in [-0.39, 0.29) is 18.8 Å². The van der Waals surface area contributed by atoms with Crippen LogP contribution in [0.2, 0.25) is 0 Å². The van der Waals surface area contributed by atoms with Crippen LogP contribution in [0.1, 0.15) is 39.5 Å². The molecule has 0 aromatic heterocycles. The molecule has 0 bridgehead atoms. The molecule has 3 nitrogen and oxygen atoms in total. The van der Waals surface area contributed by atoms with Gasteiger partial charge in [-0.1, -0.05) is 20.3 Å². The number of carbonyl (C=O) groups is 1. The van der Waals surface area contributed by atoms with Crippen molar-refractivity contribution in [2.75, 3.05) is 0 Å². The van der Waals surface area contributed by atoms with Crippen LogP contribution >= 0.6 is 0 Å². The molecule has 0 aliphatic heterocycles. The summed E-state index contributed by atoms with van der Waals surface area (Å²) in [4.78, 5) is 10.5. The molecule has 2 N–H and O–H groups in total. The SMILES string of the molecule is CC(C)C1CCCC(O)(C(F)C(=O)O)C1. The van der Waals surface area contributed by atoms with Gasteiger partial charge in [-0.15, -0.1) is 0 Å². The van der Waals surface area contributed by atoms with Crippen LogP contribution in [0.5, 0.6) is 0 Å². The number of alkyl halides is 1. The topological polar surface area (TPSA) is 57.5 Å². The van der Waals surface area contributed by atoms with Gasteiger partial charge in [-0.05, 0) is 31.1 Å². The van der Waals surface area contributed by atoms with Crippen LogP contribution < -0.4 is 0 Å². The average Bonchev–Trinajstić information content (AvgIpc) is 2.16. The Balaban J connectivity index is 2.72. The minimum absolute atomic E-state index is 0.223. The molecule has 1 fully saturated rings. The van der Waals surface area contributed by atoms with Gasteiger partial charge >= 0.3 is 5.97 Å². The van der Waals surface area contributed by atoms with E-state index in [0.717, 1.165) is 6.42 Å². The molecular formula is C11H19FO3. The van der Waals surface area contributed by atoms with Crippen LogP contribution in [0, 0.1) is 11.8 Å². The first-order valence-electron chi connectivity index (χ1n) is 5.46. The van der Waals surface area contributed by atoms with E-state index in [1.165, 1.54) is 0 Å². The predicted molar refractivity (Wildman–Crippen MR) is 54.3 cm³/mol. The molecule has 0 radical (unpaired) electrons. The molecule has 0 saturated heterocycles. The molecule has 1 rings (SSSR count). The quantitative estimate of drug-likeness (QED) is 0.761. The number of aliphatic hydroxyl groups is 1. The fourth-order valence-corrected chi connectivity index (χ4v) is 2.36. The Labute approximate surface area is 89.3 Å². The highest BCUT2D eigenvalue weighted by Crippen LogP contribution is 2.39. The second-order valence-corrected chi connectivity index (χ2v) is 4.90. The number of hydrogen-bond acceptors (Lipinski definition) is 2. The molecule has 0 aromatic rings. The molecule has 0 amide bonds. The number of carboxylic acids is 1. The van der Waals surface area contributed by atoms with Crippen molar-refractivity contribution in [1.29, 1.82) is 0 Å². The van der Waals surface area contributed by atoms with Gasteiger partial charge in [0.15, 0.2) is 0 Å². The van der Waals surface area contributed by atoms with Crippen LogP contribution in [-0.2, 0) is 4.79 Å². The van der Waals surface area contributed by atoms with Gasteiger partial charge in [0.05, 0.1) is 0 Å². The van der Waals surface area contributed by atoms with E-state index in [9.17, 15) is 14.3 Å². The zero-order valence-corrected chi connectivity index (χ0v) is 9.24. The number of carboxylic acid groups (broad SMARTS) is 1. The fraction of sp³-hybridized carbons (Fsp3) is 0.909. The Bertz CT molecular complexity index is 242. The van der Waals surface area contributed by atoms with Gasteiger partial charge < -0.3 is 10.2 Å². The van der Waals surface area contributed by atoms with E-state index in [1.807, 2.05) is 13.8 Å². The van der Waals surface area contributed by atoms with E-state index >= 15 is 0 Å². The minimum Gasteiger partial charge on any atom is -0.479 e. The zero-order chi connectivity index (χ0) is 11.6. The molecule has 4 heteroatoms. The summed E-state index contributed by atoms with van der Waals surface area (Å²) in [5.74, 6) is -0.971. The van der Waals surface area contributed by atoms with E-state index in [1.54, 1.807) is 0 Å². The van der Waals surface area contributed by atoms with E-state index in [0.29, 0.717) is 12.3 Å². The van der Waals surface area contributed by atoms with Crippen molar-refractivity contribution in [3.8, 4) is 0 Å². The highest BCUT2D eigenvalue weighted by Gasteiger charge is 2.45. The van der Waals surface area contributed by atoms with Crippen molar-refractivity contribution >= 4 is 5.97 Å². The Morgan fingerprint density at radius 1 is 1.53 bits per heavy atom. The van der Waals surface area contributed by atoms with Gasteiger partial charge in [-0.3, -0.25) is 0 Å². The first-order chi connectivity index (χ1) is 6.87. The Morgan fingerprint density at radius 3 is 2.60 bits per heavy atom. The first-order valence-corrected chi connectivity index (χ1v) is 5.46. The summed E-state index contributed by atoms with van der Waals surface area (Å²) in [6, 6.07) is 0. The van der Waals surface area contributed by atoms with Crippen LogP contribution in [0.15, 0.2) is 0 Å². The second-order valence-electron chi connectivity index (χ2n) is 4.90. The molecule has 0 spiro atoms. The lowest BCUT2D eigenvalue weighted by Crippen LogP contribution is -2.48. The number of hydrogen-bond donors (Lipinski definition) is 2. The molecule has 0 heterocycles. The third kappa shape index (κ3) is 2.68. The van der Waals surface area contributed by atoms with Gasteiger partial charge in [0, 0.05) is 0 Å². The average molecular weight is 218 g/mol. The Morgan fingerprint density at radius 2 is 2.13 bits per heavy atom. The molecule has 88 valence electrons. The van der Waals surface area contributed by atoms with Crippen molar-refractivity contribution in [3.63, 3.8) is 0 Å². The zero-order valence-electron chi connectivity index (χ0n) is 9.24. The molecule has 3 atom stereocenters. The van der Waals surface area contributed by atoms with Gasteiger partial charge in [0.1, 0.15) is 5.60 Å². The summed E-state index contributed by atoms with van der Waals surface area (Å²) in [5.41, 5.74) is -1.65. The highest BCUT2D eigenvalue weighted by atomic mass is 19.1. The van der Waals surface area contributed by atoms with Crippen LogP contribution in [-0.4, -0.2) is 28.0 Å². The highest BCUT2D eigenvalue weighted by molar-refractivity contribution is 5.73. The van der Waals surface area contributed by atoms with Gasteiger partial charge in [-0.2, -0.15) is 0 Å². The monoisotopic (exact) mass is 218 g/mol. The number of halogens is 1. The van der Waals surface area contributed by atoms with Crippen molar-refractivity contribution in [1.82, 2.24) is 0 Å². The minimum atomic E-state index is -2.15. The fourth-order valence-electron chi connectivity index (χ4n) is 2.36. The standard InChI is InChI=1S/C11H19FO3/c1-7(2)8-4-3-5-11(15,6-8)9(12)10(13)14/h7-9,15H,3-6H2,1-2H3,(H,13,14). The maximum Gasteiger partial charge on any atom is 0.341 e. The molecule has 0 aromatic carbocycles. The normalized spacial score (nSPS) is 34.1. The first kappa shape index (κ1) is 12.4. The molecule has 15 heavy (non-hydrogen) atoms. The molecular weight excluding hydrogens is 199 g/mol. The summed E-state index contributed by atoms with van der Waals surface area (Å²) in [7, 11) is 0. The Kier molecular flexibility index (Phi) is 3.71. The van der Waals surface area contributed by atoms with E-state index in [2.05, 4.69) is 0 Å². The molecule has 1 aliphatic rings. The smallest absolute Gasteiger partial charge is 0.341 e. The largest absolute Gasteiger partial charge is 0.479 e. The van der Waals surface area contributed by atoms with Crippen LogP contribution in [0.3, 0.4) is 0 Å². The maximum absolute atomic E-state index is 13.4. The maximum atomic E-state index is 13.4. The molecule has 1 saturated carbocycles. The lowest BCUT2D eigenvalue weighted by molar-refractivity contribution is -0.159. The van der Waals surface area contributed by atoms with Gasteiger partial charge in [-0.25, -0.2) is 9.18 Å². The van der Waals surface area contributed by atoms with E-state index in [4.69, 9.17) is 5.11 Å². The van der Waals surface area contributed by atoms with Crippen molar-refractivity contribution < 1.29 is 19.4 Å². The van der Waals surface area contributed by atoms with Gasteiger partial charge in [0.25, 0.3) is 0 Å². The predicted octanol–water partition coefficient (Wildman–Crippen LogP) is 1.99. The molecule has 1 aliphatic carbocycles. The summed E-state index contributed by atoms with van der Waals surface area (Å²) in [6.45, 7) is 4.04. The Hall–Kier alpha value is -0.640. The lowest BCUT2D eigenvalue weighted by Gasteiger charge is -2.39. The number of aliphatic carboxylic acids is 1. The lowest BCUT2D eigenvalue weighted by atomic mass is 9.72. The number of rotatable bonds is 3. The van der Waals surface area contributed by atoms with Crippen molar-refractivity contribution in [2.45, 2.75) is 51.3 Å². The third-order valence-electron chi connectivity index (χ3n) is 3.43. The van der Waals surface area contributed by atoms with Crippen molar-refractivity contribution in [2.24, 2.45) is 11.8 Å². The van der Waals surface area contributed by atoms with Crippen molar-refractivity contribution in [3.05, 3.63) is 0 Å². The summed E-state index contributed by atoms with van der Waals surface area (Å²) >= 11 is 0. The second kappa shape index (κ2) is 4.47. The third-order valence-corrected chi connectivity index (χ3v) is 3.43. The molecule has 3 unspecified atom stereocenters. The van der Waals surface area contributed by atoms with E-state index < -0.39 is 17.7 Å². The van der Waals surface area contributed by atoms with Crippen LogP contribution in [0.4, 0.5) is 4.39 Å². The summed E-state index contributed by atoms with van der Waals surface area (Å²) in [6.07, 6.45) is 0.0142. The van der Waals surface area contributed by atoms with Gasteiger partial charge in [0.2, 0.25) is 6.17 Å². The summed E-state index contributed by atoms with van der Waals surface area (Å²) in [5, 5.41) is 18.6.